The molecule has 2 aromatic heterocycles. The molecule has 1 aliphatic carbocycles. The lowest BCUT2D eigenvalue weighted by Crippen LogP contribution is -2.27. The summed E-state index contributed by atoms with van der Waals surface area (Å²) in [5.74, 6) is -0.298. The summed E-state index contributed by atoms with van der Waals surface area (Å²) in [6.45, 7) is 3.19. The number of alkyl halides is 2. The van der Waals surface area contributed by atoms with E-state index in [2.05, 4.69) is 20.0 Å². The minimum absolute atomic E-state index is 0.00407. The second-order valence-corrected chi connectivity index (χ2v) is 10.7. The van der Waals surface area contributed by atoms with E-state index in [-0.39, 0.29) is 47.2 Å². The van der Waals surface area contributed by atoms with Crippen molar-refractivity contribution in [2.75, 3.05) is 6.61 Å². The van der Waals surface area contributed by atoms with Crippen LogP contribution in [0.5, 0.6) is 11.5 Å². The second kappa shape index (κ2) is 12.3. The van der Waals surface area contributed by atoms with Gasteiger partial charge < -0.3 is 29.7 Å². The van der Waals surface area contributed by atoms with Crippen LogP contribution in [0.1, 0.15) is 68.1 Å². The molecule has 0 spiro atoms. The van der Waals surface area contributed by atoms with Gasteiger partial charge in [-0.25, -0.2) is 9.78 Å². The summed E-state index contributed by atoms with van der Waals surface area (Å²) in [5.41, 5.74) is 5.83. The zero-order chi connectivity index (χ0) is 28.9. The first-order valence-electron chi connectivity index (χ1n) is 12.9. The van der Waals surface area contributed by atoms with Gasteiger partial charge >= 0.3 is 12.7 Å². The maximum atomic E-state index is 13.3. The number of ether oxygens (including phenoxy) is 3. The maximum Gasteiger partial charge on any atom is 0.405 e. The number of halogens is 2. The molecule has 2 heterocycles. The molecule has 3 aromatic rings. The second-order valence-electron chi connectivity index (χ2n) is 10.7. The van der Waals surface area contributed by atoms with Gasteiger partial charge in [0.05, 0.1) is 18.8 Å². The molecule has 1 atom stereocenters. The Morgan fingerprint density at radius 3 is 2.58 bits per heavy atom. The molecule has 1 unspecified atom stereocenters. The molecule has 40 heavy (non-hydrogen) atoms. The lowest BCUT2D eigenvalue weighted by atomic mass is 9.88. The Morgan fingerprint density at radius 1 is 1.18 bits per heavy atom. The monoisotopic (exact) mass is 558 g/mol. The van der Waals surface area contributed by atoms with Gasteiger partial charge in [0.15, 0.2) is 29.1 Å². The Labute approximate surface area is 230 Å². The van der Waals surface area contributed by atoms with E-state index in [4.69, 9.17) is 19.6 Å². The van der Waals surface area contributed by atoms with Crippen LogP contribution in [0.2, 0.25) is 0 Å². The van der Waals surface area contributed by atoms with Gasteiger partial charge in [-0.3, -0.25) is 9.78 Å². The summed E-state index contributed by atoms with van der Waals surface area (Å²) < 4.78 is 47.8. The zero-order valence-corrected chi connectivity index (χ0v) is 22.5. The number of nitrogens with one attached hydrogen (secondary N) is 1. The fourth-order valence-electron chi connectivity index (χ4n) is 3.92. The number of benzene rings is 1. The fourth-order valence-corrected chi connectivity index (χ4v) is 3.92. The zero-order valence-electron chi connectivity index (χ0n) is 22.5. The van der Waals surface area contributed by atoms with Gasteiger partial charge in [-0.05, 0) is 60.9 Å². The smallest absolute Gasteiger partial charge is 0.405 e. The lowest BCUT2D eigenvalue weighted by molar-refractivity contribution is -0.0515. The van der Waals surface area contributed by atoms with Crippen LogP contribution in [0.15, 0.2) is 47.0 Å². The summed E-state index contributed by atoms with van der Waals surface area (Å²) in [5, 5.41) is 2.75. The van der Waals surface area contributed by atoms with Crippen molar-refractivity contribution in [3.63, 3.8) is 0 Å². The Morgan fingerprint density at radius 2 is 1.95 bits per heavy atom. The number of hydrogen-bond donors (Lipinski definition) is 2. The predicted octanol–water partition coefficient (Wildman–Crippen LogP) is 5.63. The fraction of sp³-hybridized carbons (Fsp3) is 0.429. The van der Waals surface area contributed by atoms with Crippen molar-refractivity contribution in [3.05, 3.63) is 59.7 Å². The van der Waals surface area contributed by atoms with Crippen molar-refractivity contribution in [2.24, 2.45) is 17.1 Å². The quantitative estimate of drug-likeness (QED) is 0.292. The van der Waals surface area contributed by atoms with Crippen molar-refractivity contribution in [3.8, 4) is 23.0 Å². The van der Waals surface area contributed by atoms with Crippen LogP contribution in [0.25, 0.3) is 11.5 Å². The van der Waals surface area contributed by atoms with Gasteiger partial charge in [-0.15, -0.1) is 0 Å². The summed E-state index contributed by atoms with van der Waals surface area (Å²) in [4.78, 5) is 33.7. The van der Waals surface area contributed by atoms with Crippen molar-refractivity contribution in [1.82, 2.24) is 15.3 Å². The topological polar surface area (TPSA) is 139 Å². The average Bonchev–Trinajstić information content (AvgIpc) is 3.61. The van der Waals surface area contributed by atoms with Crippen LogP contribution < -0.4 is 20.5 Å². The third-order valence-corrected chi connectivity index (χ3v) is 5.95. The Kier molecular flexibility index (Phi) is 8.86. The van der Waals surface area contributed by atoms with E-state index < -0.39 is 24.7 Å². The average molecular weight is 559 g/mol. The minimum Gasteiger partial charge on any atom is -0.489 e. The highest BCUT2D eigenvalue weighted by Crippen LogP contribution is 2.39. The SMILES string of the molecule is CC(C)(C)CC(OC(N)=O)c1oc(-c2ccc(OC(F)F)c(OCC3CC3)c2)nc1C(=O)NCc1ccccn1. The number of aromatic nitrogens is 2. The van der Waals surface area contributed by atoms with Crippen LogP contribution in [-0.2, 0) is 11.3 Å². The number of carbonyl (C=O) groups is 2. The summed E-state index contributed by atoms with van der Waals surface area (Å²) in [7, 11) is 0. The Balaban J connectivity index is 1.71. The number of pyridine rings is 1. The number of oxazole rings is 1. The first-order chi connectivity index (χ1) is 19.0. The van der Waals surface area contributed by atoms with E-state index in [0.717, 1.165) is 12.8 Å². The van der Waals surface area contributed by atoms with Crippen molar-refractivity contribution in [1.29, 1.82) is 0 Å². The number of nitrogens with two attached hydrogens (primary N) is 1. The number of carbonyl (C=O) groups excluding carboxylic acids is 2. The number of nitrogens with zero attached hydrogens (tertiary/aromatic N) is 2. The Hall–Kier alpha value is -4.22. The van der Waals surface area contributed by atoms with Crippen LogP contribution in [-0.4, -0.2) is 35.2 Å². The van der Waals surface area contributed by atoms with Crippen molar-refractivity contribution >= 4 is 12.0 Å². The molecule has 1 fully saturated rings. The van der Waals surface area contributed by atoms with Crippen LogP contribution >= 0.6 is 0 Å². The molecule has 3 N–H and O–H groups in total. The number of primary amides is 1. The summed E-state index contributed by atoms with van der Waals surface area (Å²) >= 11 is 0. The van der Waals surface area contributed by atoms with E-state index in [9.17, 15) is 18.4 Å². The van der Waals surface area contributed by atoms with Crippen molar-refractivity contribution in [2.45, 2.75) is 59.3 Å². The van der Waals surface area contributed by atoms with Gasteiger partial charge in [0, 0.05) is 11.8 Å². The highest BCUT2D eigenvalue weighted by Gasteiger charge is 2.33. The standard InChI is InChI=1S/C28H32F2N4O6/c1-28(2,3)13-21(39-27(31)36)23-22(24(35)33-14-18-6-4-5-11-32-18)34-25(40-23)17-9-10-19(38-26(29)30)20(12-17)37-15-16-7-8-16/h4-6,9-12,16,21,26H,7-8,13-15H2,1-3H3,(H2,31,36)(H,33,35). The molecule has 0 bridgehead atoms. The summed E-state index contributed by atoms with van der Waals surface area (Å²) in [6.07, 6.45) is 1.80. The van der Waals surface area contributed by atoms with Gasteiger partial charge in [-0.2, -0.15) is 8.78 Å². The van der Waals surface area contributed by atoms with Gasteiger partial charge in [0.25, 0.3) is 5.91 Å². The number of amides is 2. The minimum atomic E-state index is -3.04. The molecule has 0 saturated heterocycles. The molecule has 214 valence electrons. The molecular formula is C28H32F2N4O6. The third kappa shape index (κ3) is 8.14. The van der Waals surface area contributed by atoms with Gasteiger partial charge in [-0.1, -0.05) is 26.8 Å². The molecule has 12 heteroatoms. The van der Waals surface area contributed by atoms with Crippen LogP contribution in [0, 0.1) is 11.3 Å². The molecule has 0 aliphatic heterocycles. The van der Waals surface area contributed by atoms with Crippen LogP contribution in [0.4, 0.5) is 13.6 Å². The summed E-state index contributed by atoms with van der Waals surface area (Å²) in [6, 6.07) is 9.53. The highest BCUT2D eigenvalue weighted by molar-refractivity contribution is 5.94. The Bertz CT molecular complexity index is 1320. The number of rotatable bonds is 12. The number of hydrogen-bond acceptors (Lipinski definition) is 8. The first kappa shape index (κ1) is 28.8. The molecule has 1 aromatic carbocycles. The van der Waals surface area contributed by atoms with Gasteiger partial charge in [0.2, 0.25) is 5.89 Å². The van der Waals surface area contributed by atoms with E-state index in [1.54, 1.807) is 24.4 Å². The molecule has 1 aliphatic rings. The van der Waals surface area contributed by atoms with E-state index in [1.165, 1.54) is 18.2 Å². The molecule has 10 nitrogen and oxygen atoms in total. The van der Waals surface area contributed by atoms with E-state index >= 15 is 0 Å². The molecule has 2 amide bonds. The van der Waals surface area contributed by atoms with Crippen molar-refractivity contribution < 1.29 is 37.0 Å². The van der Waals surface area contributed by atoms with E-state index in [0.29, 0.717) is 23.8 Å². The maximum absolute atomic E-state index is 13.3. The molecule has 4 rings (SSSR count). The predicted molar refractivity (Wildman–Crippen MR) is 140 cm³/mol. The molecule has 1 saturated carbocycles. The van der Waals surface area contributed by atoms with E-state index in [1.807, 2.05) is 20.8 Å². The highest BCUT2D eigenvalue weighted by atomic mass is 19.3. The molecular weight excluding hydrogens is 526 g/mol. The largest absolute Gasteiger partial charge is 0.489 e. The lowest BCUT2D eigenvalue weighted by Gasteiger charge is -2.24. The normalized spacial score (nSPS) is 14.1. The van der Waals surface area contributed by atoms with Gasteiger partial charge in [0.1, 0.15) is 0 Å². The third-order valence-electron chi connectivity index (χ3n) is 5.95. The first-order valence-corrected chi connectivity index (χ1v) is 12.9. The van der Waals surface area contributed by atoms with Crippen LogP contribution in [0.3, 0.4) is 0 Å². The molecule has 0 radical (unpaired) electrons.